The van der Waals surface area contributed by atoms with Crippen LogP contribution in [-0.4, -0.2) is 29.0 Å². The van der Waals surface area contributed by atoms with Crippen molar-refractivity contribution in [2.75, 3.05) is 0 Å². The summed E-state index contributed by atoms with van der Waals surface area (Å²) in [4.78, 5) is 0. The molecule has 0 bridgehead atoms. The maximum atomic E-state index is 9.75. The lowest BCUT2D eigenvalue weighted by Crippen LogP contribution is -2.51. The van der Waals surface area contributed by atoms with Crippen molar-refractivity contribution in [3.8, 4) is 0 Å². The Labute approximate surface area is 73.9 Å². The summed E-state index contributed by atoms with van der Waals surface area (Å²) in [6.45, 7) is 5.67. The minimum atomic E-state index is -0.561. The van der Waals surface area contributed by atoms with E-state index in [9.17, 15) is 5.11 Å². The summed E-state index contributed by atoms with van der Waals surface area (Å²) in [6, 6.07) is 0. The van der Waals surface area contributed by atoms with Crippen LogP contribution in [0.15, 0.2) is 0 Å². The van der Waals surface area contributed by atoms with Crippen molar-refractivity contribution >= 4 is 0 Å². The van der Waals surface area contributed by atoms with Gasteiger partial charge in [-0.25, -0.2) is 0 Å². The molecule has 0 spiro atoms. The highest BCUT2D eigenvalue weighted by Gasteiger charge is 2.35. The molecule has 0 saturated carbocycles. The fraction of sp³-hybridized carbons (Fsp3) is 1.00. The Morgan fingerprint density at radius 2 is 2.08 bits per heavy atom. The van der Waals surface area contributed by atoms with Crippen LogP contribution in [0.4, 0.5) is 0 Å². The zero-order valence-corrected chi connectivity index (χ0v) is 8.08. The molecule has 1 rings (SSSR count). The second kappa shape index (κ2) is 3.32. The normalized spacial score (nSPS) is 33.8. The van der Waals surface area contributed by atoms with Gasteiger partial charge >= 0.3 is 0 Å². The first kappa shape index (κ1) is 9.96. The molecule has 3 unspecified atom stereocenters. The van der Waals surface area contributed by atoms with Gasteiger partial charge in [0.15, 0.2) is 0 Å². The van der Waals surface area contributed by atoms with Gasteiger partial charge in [-0.05, 0) is 33.6 Å². The molecule has 3 nitrogen and oxygen atoms in total. The van der Waals surface area contributed by atoms with E-state index >= 15 is 0 Å². The van der Waals surface area contributed by atoms with Crippen LogP contribution in [0.1, 0.15) is 33.6 Å². The van der Waals surface area contributed by atoms with Crippen molar-refractivity contribution in [1.82, 2.24) is 0 Å². The topological polar surface area (TPSA) is 55.5 Å². The average molecular weight is 173 g/mol. The van der Waals surface area contributed by atoms with Gasteiger partial charge in [0.25, 0.3) is 0 Å². The van der Waals surface area contributed by atoms with E-state index in [4.69, 9.17) is 10.5 Å². The summed E-state index contributed by atoms with van der Waals surface area (Å²) < 4.78 is 5.52. The fourth-order valence-corrected chi connectivity index (χ4v) is 1.54. The van der Waals surface area contributed by atoms with E-state index in [-0.39, 0.29) is 12.2 Å². The summed E-state index contributed by atoms with van der Waals surface area (Å²) in [6.07, 6.45) is 1.59. The third-order valence-electron chi connectivity index (χ3n) is 2.38. The van der Waals surface area contributed by atoms with E-state index in [1.165, 1.54) is 0 Å². The van der Waals surface area contributed by atoms with E-state index in [1.807, 2.05) is 20.8 Å². The quantitative estimate of drug-likeness (QED) is 0.644. The van der Waals surface area contributed by atoms with Crippen LogP contribution in [0, 0.1) is 0 Å². The maximum absolute atomic E-state index is 9.75. The molecule has 0 radical (unpaired) electrons. The van der Waals surface area contributed by atoms with E-state index in [0.717, 1.165) is 12.8 Å². The SMILES string of the molecule is CC1CCC(C(O)C(C)(C)N)O1. The number of hydrogen-bond acceptors (Lipinski definition) is 3. The standard InChI is InChI=1S/C9H19NO2/c1-6-4-5-7(12-6)8(11)9(2,3)10/h6-8,11H,4-5,10H2,1-3H3. The number of aliphatic hydroxyl groups is 1. The maximum Gasteiger partial charge on any atom is 0.0975 e. The molecule has 0 aromatic carbocycles. The second-order valence-corrected chi connectivity index (χ2v) is 4.33. The summed E-state index contributed by atoms with van der Waals surface area (Å²) >= 11 is 0. The number of nitrogens with two attached hydrogens (primary N) is 1. The molecule has 0 aromatic heterocycles. The molecule has 3 atom stereocenters. The molecule has 1 saturated heterocycles. The van der Waals surface area contributed by atoms with Crippen LogP contribution in [-0.2, 0) is 4.74 Å². The number of rotatable bonds is 2. The molecule has 0 aromatic rings. The highest BCUT2D eigenvalue weighted by atomic mass is 16.5. The third kappa shape index (κ3) is 2.19. The van der Waals surface area contributed by atoms with Gasteiger partial charge in [-0.3, -0.25) is 0 Å². The summed E-state index contributed by atoms with van der Waals surface area (Å²) in [5.74, 6) is 0. The Hall–Kier alpha value is -0.120. The lowest BCUT2D eigenvalue weighted by molar-refractivity contribution is -0.0541. The third-order valence-corrected chi connectivity index (χ3v) is 2.38. The van der Waals surface area contributed by atoms with Crippen LogP contribution in [0.2, 0.25) is 0 Å². The monoisotopic (exact) mass is 173 g/mol. The lowest BCUT2D eigenvalue weighted by Gasteiger charge is -2.30. The second-order valence-electron chi connectivity index (χ2n) is 4.33. The first-order chi connectivity index (χ1) is 5.41. The van der Waals surface area contributed by atoms with Gasteiger partial charge in [-0.1, -0.05) is 0 Å². The van der Waals surface area contributed by atoms with Gasteiger partial charge in [0.1, 0.15) is 0 Å². The molecule has 12 heavy (non-hydrogen) atoms. The molecule has 3 heteroatoms. The molecule has 0 aliphatic carbocycles. The first-order valence-corrected chi connectivity index (χ1v) is 4.53. The smallest absolute Gasteiger partial charge is 0.0975 e. The molecule has 1 aliphatic heterocycles. The Morgan fingerprint density at radius 3 is 2.42 bits per heavy atom. The molecule has 72 valence electrons. The highest BCUT2D eigenvalue weighted by molar-refractivity contribution is 4.90. The molecular weight excluding hydrogens is 154 g/mol. The molecule has 3 N–H and O–H groups in total. The summed E-state index contributed by atoms with van der Waals surface area (Å²) in [7, 11) is 0. The molecule has 1 heterocycles. The first-order valence-electron chi connectivity index (χ1n) is 4.53. The van der Waals surface area contributed by atoms with Crippen molar-refractivity contribution in [2.24, 2.45) is 5.73 Å². The van der Waals surface area contributed by atoms with Gasteiger partial charge in [0, 0.05) is 5.54 Å². The zero-order valence-electron chi connectivity index (χ0n) is 8.08. The van der Waals surface area contributed by atoms with E-state index in [0.29, 0.717) is 0 Å². The predicted molar refractivity (Wildman–Crippen MR) is 47.8 cm³/mol. The van der Waals surface area contributed by atoms with Crippen molar-refractivity contribution < 1.29 is 9.84 Å². The fourth-order valence-electron chi connectivity index (χ4n) is 1.54. The van der Waals surface area contributed by atoms with E-state index in [2.05, 4.69) is 0 Å². The average Bonchev–Trinajstić information content (AvgIpc) is 2.32. The van der Waals surface area contributed by atoms with Crippen molar-refractivity contribution in [2.45, 2.75) is 57.5 Å². The van der Waals surface area contributed by atoms with E-state index < -0.39 is 11.6 Å². The minimum absolute atomic E-state index is 0.0694. The Bertz CT molecular complexity index is 153. The minimum Gasteiger partial charge on any atom is -0.389 e. The number of hydrogen-bond donors (Lipinski definition) is 2. The number of aliphatic hydroxyl groups excluding tert-OH is 1. The van der Waals surface area contributed by atoms with Crippen molar-refractivity contribution in [3.05, 3.63) is 0 Å². The molecule has 0 amide bonds. The molecular formula is C9H19NO2. The largest absolute Gasteiger partial charge is 0.389 e. The Kier molecular flexibility index (Phi) is 2.76. The van der Waals surface area contributed by atoms with Gasteiger partial charge < -0.3 is 15.6 Å². The molecule has 1 aliphatic rings. The van der Waals surface area contributed by atoms with Gasteiger partial charge in [-0.15, -0.1) is 0 Å². The van der Waals surface area contributed by atoms with Crippen LogP contribution in [0.3, 0.4) is 0 Å². The van der Waals surface area contributed by atoms with Crippen LogP contribution >= 0.6 is 0 Å². The Balaban J connectivity index is 2.48. The summed E-state index contributed by atoms with van der Waals surface area (Å²) in [5, 5.41) is 9.75. The predicted octanol–water partition coefficient (Wildman–Crippen LogP) is 0.652. The Morgan fingerprint density at radius 1 is 1.50 bits per heavy atom. The van der Waals surface area contributed by atoms with E-state index in [1.54, 1.807) is 0 Å². The van der Waals surface area contributed by atoms with Crippen molar-refractivity contribution in [3.63, 3.8) is 0 Å². The number of ether oxygens (including phenoxy) is 1. The van der Waals surface area contributed by atoms with Gasteiger partial charge in [0.2, 0.25) is 0 Å². The summed E-state index contributed by atoms with van der Waals surface area (Å²) in [5.41, 5.74) is 5.21. The van der Waals surface area contributed by atoms with Gasteiger partial charge in [-0.2, -0.15) is 0 Å². The van der Waals surface area contributed by atoms with Crippen molar-refractivity contribution in [1.29, 1.82) is 0 Å². The lowest BCUT2D eigenvalue weighted by atomic mass is 9.93. The molecule has 1 fully saturated rings. The highest BCUT2D eigenvalue weighted by Crippen LogP contribution is 2.25. The van der Waals surface area contributed by atoms with Crippen LogP contribution in [0.25, 0.3) is 0 Å². The van der Waals surface area contributed by atoms with Crippen LogP contribution in [0.5, 0.6) is 0 Å². The zero-order chi connectivity index (χ0) is 9.35. The van der Waals surface area contributed by atoms with Gasteiger partial charge in [0.05, 0.1) is 18.3 Å². The van der Waals surface area contributed by atoms with Crippen LogP contribution < -0.4 is 5.73 Å².